The van der Waals surface area contributed by atoms with Crippen molar-refractivity contribution in [2.75, 3.05) is 20.3 Å². The van der Waals surface area contributed by atoms with Gasteiger partial charge in [-0.15, -0.1) is 0 Å². The third kappa shape index (κ3) is 12.1. The van der Waals surface area contributed by atoms with Crippen LogP contribution in [0.5, 0.6) is 0 Å². The molecule has 9 rings (SSSR count). The molecule has 11 nitrogen and oxygen atoms in total. The topological polar surface area (TPSA) is 102 Å². The van der Waals surface area contributed by atoms with E-state index in [9.17, 15) is 0 Å². The lowest BCUT2D eigenvalue weighted by molar-refractivity contribution is -0.400. The van der Waals surface area contributed by atoms with Crippen LogP contribution in [0.4, 0.5) is 0 Å². The van der Waals surface area contributed by atoms with Crippen molar-refractivity contribution in [2.24, 2.45) is 0 Å². The van der Waals surface area contributed by atoms with Gasteiger partial charge in [0.15, 0.2) is 18.9 Å². The van der Waals surface area contributed by atoms with Gasteiger partial charge in [0.2, 0.25) is 0 Å². The van der Waals surface area contributed by atoms with Gasteiger partial charge in [0, 0.05) is 12.7 Å². The van der Waals surface area contributed by atoms with Gasteiger partial charge in [-0.1, -0.05) is 182 Å². The van der Waals surface area contributed by atoms with Crippen LogP contribution in [0.3, 0.4) is 0 Å². The van der Waals surface area contributed by atoms with Gasteiger partial charge in [-0.2, -0.15) is 0 Å². The van der Waals surface area contributed by atoms with Gasteiger partial charge in [0.25, 0.3) is 0 Å². The second-order valence-corrected chi connectivity index (χ2v) is 16.6. The van der Waals surface area contributed by atoms with Crippen LogP contribution in [-0.4, -0.2) is 81.7 Å². The number of methoxy groups -OCH3 is 1. The van der Waals surface area contributed by atoms with Gasteiger partial charge in [-0.3, -0.25) is 0 Å². The van der Waals surface area contributed by atoms with E-state index in [2.05, 4.69) is 0 Å². The Hall–Kier alpha value is -5.12. The van der Waals surface area contributed by atoms with Crippen LogP contribution in [0.15, 0.2) is 182 Å². The highest BCUT2D eigenvalue weighted by atomic mass is 16.8. The number of benzene rings is 6. The summed E-state index contributed by atoms with van der Waals surface area (Å²) in [5, 5.41) is 0. The van der Waals surface area contributed by atoms with E-state index < -0.39 is 67.7 Å². The fourth-order valence-electron chi connectivity index (χ4n) is 8.63. The van der Waals surface area contributed by atoms with E-state index in [4.69, 9.17) is 52.1 Å². The number of rotatable bonds is 20. The maximum absolute atomic E-state index is 7.28. The van der Waals surface area contributed by atoms with Gasteiger partial charge in [0.05, 0.1) is 46.2 Å². The summed E-state index contributed by atoms with van der Waals surface area (Å²) >= 11 is 0. The Morgan fingerprint density at radius 3 is 1.36 bits per heavy atom. The minimum absolute atomic E-state index is 0.164. The largest absolute Gasteiger partial charge is 0.374 e. The Morgan fingerprint density at radius 2 is 0.864 bits per heavy atom. The summed E-state index contributed by atoms with van der Waals surface area (Å²) < 4.78 is 74.5. The molecule has 3 heterocycles. The van der Waals surface area contributed by atoms with E-state index in [1.807, 2.05) is 182 Å². The number of hydrogen-bond donors (Lipinski definition) is 0. The first-order valence-electron chi connectivity index (χ1n) is 22.7. The minimum atomic E-state index is -1.06. The first kappa shape index (κ1) is 46.0. The predicted octanol–water partition coefficient (Wildman–Crippen LogP) is 9.14. The van der Waals surface area contributed by atoms with Gasteiger partial charge in [-0.05, 0) is 27.8 Å². The van der Waals surface area contributed by atoms with Gasteiger partial charge >= 0.3 is 0 Å². The van der Waals surface area contributed by atoms with E-state index in [1.165, 1.54) is 0 Å². The molecule has 344 valence electrons. The molecule has 6 aromatic carbocycles. The lowest BCUT2D eigenvalue weighted by atomic mass is 9.95. The molecule has 1 unspecified atom stereocenters. The minimum Gasteiger partial charge on any atom is -0.374 e. The lowest BCUT2D eigenvalue weighted by Crippen LogP contribution is -2.67. The number of fused-ring (bicyclic) bond motifs is 1. The Morgan fingerprint density at radius 1 is 0.424 bits per heavy atom. The molecule has 0 aromatic heterocycles. The van der Waals surface area contributed by atoms with Crippen molar-refractivity contribution in [1.82, 2.24) is 0 Å². The van der Waals surface area contributed by atoms with Crippen molar-refractivity contribution in [3.05, 3.63) is 215 Å². The quantitative estimate of drug-likeness (QED) is 0.0734. The van der Waals surface area contributed by atoms with Crippen molar-refractivity contribution in [3.8, 4) is 0 Å². The van der Waals surface area contributed by atoms with Crippen LogP contribution >= 0.6 is 0 Å². The second-order valence-electron chi connectivity index (χ2n) is 16.6. The molecule has 0 saturated carbocycles. The van der Waals surface area contributed by atoms with E-state index in [0.29, 0.717) is 13.2 Å². The summed E-state index contributed by atoms with van der Waals surface area (Å²) in [6.45, 7) is 1.88. The molecule has 3 aliphatic rings. The van der Waals surface area contributed by atoms with Crippen LogP contribution in [0.1, 0.15) is 39.7 Å². The Kier molecular flexibility index (Phi) is 16.4. The molecule has 3 aliphatic heterocycles. The summed E-state index contributed by atoms with van der Waals surface area (Å²) in [4.78, 5) is 0. The molecule has 6 aromatic rings. The molecule has 3 saturated heterocycles. The fraction of sp³-hybridized carbons (Fsp3) is 0.345. The Balaban J connectivity index is 1.08. The van der Waals surface area contributed by atoms with Gasteiger partial charge in [-0.25, -0.2) is 0 Å². The summed E-state index contributed by atoms with van der Waals surface area (Å²) in [5.74, 6) is 0. The summed E-state index contributed by atoms with van der Waals surface area (Å²) in [7, 11) is 1.59. The van der Waals surface area contributed by atoms with Crippen molar-refractivity contribution in [2.45, 2.75) is 101 Å². The van der Waals surface area contributed by atoms with Crippen LogP contribution in [0.25, 0.3) is 0 Å². The summed E-state index contributed by atoms with van der Waals surface area (Å²) in [5.41, 5.74) is 5.87. The zero-order valence-corrected chi connectivity index (χ0v) is 37.1. The van der Waals surface area contributed by atoms with E-state index >= 15 is 0 Å². The van der Waals surface area contributed by atoms with E-state index in [-0.39, 0.29) is 33.0 Å². The van der Waals surface area contributed by atoms with Crippen molar-refractivity contribution in [3.63, 3.8) is 0 Å². The van der Waals surface area contributed by atoms with Crippen molar-refractivity contribution >= 4 is 0 Å². The summed E-state index contributed by atoms with van der Waals surface area (Å²) in [6.07, 6.45) is -8.26. The zero-order chi connectivity index (χ0) is 44.8. The fourth-order valence-corrected chi connectivity index (χ4v) is 8.63. The molecular weight excluding hydrogens is 837 g/mol. The maximum Gasteiger partial charge on any atom is 0.187 e. The first-order valence-corrected chi connectivity index (χ1v) is 22.7. The van der Waals surface area contributed by atoms with Crippen LogP contribution in [0, 0.1) is 0 Å². The maximum atomic E-state index is 7.28. The lowest BCUT2D eigenvalue weighted by Gasteiger charge is -2.51. The molecule has 3 fully saturated rings. The smallest absolute Gasteiger partial charge is 0.187 e. The highest BCUT2D eigenvalue weighted by Gasteiger charge is 2.56. The number of ether oxygens (including phenoxy) is 11. The average molecular weight is 895 g/mol. The van der Waals surface area contributed by atoms with Crippen molar-refractivity contribution in [1.29, 1.82) is 0 Å². The van der Waals surface area contributed by atoms with E-state index in [1.54, 1.807) is 7.11 Å². The Labute approximate surface area is 387 Å². The molecule has 11 atom stereocenters. The standard InChI is InChI=1S/C55H58O11/c1-56-54-52(50(60-35-42-26-14-5-15-27-42)48-46(63-54)38-62-53(65-48)44-30-18-7-19-31-44)66-55-51(61-36-43-28-16-6-17-29-43)49(59-34-41-24-12-4-13-25-41)47(58-33-40-22-10-3-11-23-40)45(64-55)37-57-32-39-20-8-2-9-21-39/h2-31,45-55H,32-38H2,1H3/t45-,46-,47-,48-,49+,50+,51+,52-,53?,54+,55-/m1/s1. The highest BCUT2D eigenvalue weighted by molar-refractivity contribution is 5.19. The monoisotopic (exact) mass is 894 g/mol. The third-order valence-electron chi connectivity index (χ3n) is 12.0. The molecule has 0 aliphatic carbocycles. The van der Waals surface area contributed by atoms with Gasteiger partial charge in [0.1, 0.15) is 48.8 Å². The molecular formula is C55H58O11. The molecule has 11 heteroatoms. The van der Waals surface area contributed by atoms with Crippen molar-refractivity contribution < 1.29 is 52.1 Å². The van der Waals surface area contributed by atoms with Crippen LogP contribution in [-0.2, 0) is 85.1 Å². The Bertz CT molecular complexity index is 2280. The zero-order valence-electron chi connectivity index (χ0n) is 37.1. The normalized spacial score (nSPS) is 27.5. The van der Waals surface area contributed by atoms with Crippen LogP contribution in [0.2, 0.25) is 0 Å². The SMILES string of the molecule is CO[C@H]1O[C@@H]2COC(c3ccccc3)O[C@H]2[C@H](OCc2ccccc2)[C@H]1O[C@H]1O[C@H](COCc2ccccc2)[C@@H](OCc2ccccc2)[C@H](OCc2ccccc2)[C@@H]1OCc1ccccc1. The third-order valence-corrected chi connectivity index (χ3v) is 12.0. The van der Waals surface area contributed by atoms with Gasteiger partial charge < -0.3 is 52.1 Å². The first-order chi connectivity index (χ1) is 32.7. The second kappa shape index (κ2) is 23.6. The number of hydrogen-bond acceptors (Lipinski definition) is 11. The van der Waals surface area contributed by atoms with Crippen LogP contribution < -0.4 is 0 Å². The molecule has 0 spiro atoms. The molecule has 0 N–H and O–H groups in total. The average Bonchev–Trinajstić information content (AvgIpc) is 3.38. The molecule has 0 amide bonds. The summed E-state index contributed by atoms with van der Waals surface area (Å²) in [6, 6.07) is 60.1. The molecule has 0 bridgehead atoms. The molecule has 66 heavy (non-hydrogen) atoms. The predicted molar refractivity (Wildman–Crippen MR) is 245 cm³/mol. The van der Waals surface area contributed by atoms with E-state index in [0.717, 1.165) is 33.4 Å². The highest BCUT2D eigenvalue weighted by Crippen LogP contribution is 2.40. The molecule has 0 radical (unpaired) electrons.